The molecule has 0 heterocycles. The van der Waals surface area contributed by atoms with E-state index in [0.29, 0.717) is 5.02 Å². The SMILES string of the molecule is O=[N+]([O-])c1cc(N=Cc2cc(Cl)cc(Cl)c2O)ccc1F. The molecule has 0 radical (unpaired) electrons. The number of phenols is 1. The lowest BCUT2D eigenvalue weighted by Gasteiger charge is -2.02. The van der Waals surface area contributed by atoms with Crippen LogP contribution in [-0.4, -0.2) is 16.2 Å². The average molecular weight is 329 g/mol. The summed E-state index contributed by atoms with van der Waals surface area (Å²) in [6.07, 6.45) is 1.23. The summed E-state index contributed by atoms with van der Waals surface area (Å²) < 4.78 is 13.2. The fourth-order valence-electron chi connectivity index (χ4n) is 1.55. The highest BCUT2D eigenvalue weighted by Crippen LogP contribution is 2.30. The fourth-order valence-corrected chi connectivity index (χ4v) is 2.06. The number of hydrogen-bond acceptors (Lipinski definition) is 4. The Morgan fingerprint density at radius 3 is 2.67 bits per heavy atom. The number of rotatable bonds is 3. The maximum atomic E-state index is 13.2. The van der Waals surface area contributed by atoms with Crippen molar-refractivity contribution in [2.75, 3.05) is 0 Å². The molecule has 0 atom stereocenters. The molecule has 0 unspecified atom stereocenters. The number of benzene rings is 2. The van der Waals surface area contributed by atoms with Gasteiger partial charge in [0.05, 0.1) is 15.6 Å². The Balaban J connectivity index is 2.38. The number of aromatic hydroxyl groups is 1. The van der Waals surface area contributed by atoms with E-state index in [2.05, 4.69) is 4.99 Å². The average Bonchev–Trinajstić information content (AvgIpc) is 2.42. The number of halogens is 3. The van der Waals surface area contributed by atoms with Crippen molar-refractivity contribution in [3.63, 3.8) is 0 Å². The molecule has 0 aromatic heterocycles. The molecule has 0 aliphatic heterocycles. The van der Waals surface area contributed by atoms with E-state index >= 15 is 0 Å². The molecule has 0 bridgehead atoms. The van der Waals surface area contributed by atoms with E-state index in [-0.39, 0.29) is 22.0 Å². The van der Waals surface area contributed by atoms with Crippen LogP contribution in [-0.2, 0) is 0 Å². The summed E-state index contributed by atoms with van der Waals surface area (Å²) >= 11 is 11.5. The third kappa shape index (κ3) is 3.48. The van der Waals surface area contributed by atoms with Crippen LogP contribution in [0.5, 0.6) is 5.75 Å². The number of nitro benzene ring substituents is 1. The quantitative estimate of drug-likeness (QED) is 0.512. The third-order valence-corrected chi connectivity index (χ3v) is 3.04. The molecule has 2 aromatic rings. The van der Waals surface area contributed by atoms with Gasteiger partial charge in [-0.05, 0) is 24.3 Å². The molecular weight excluding hydrogens is 322 g/mol. The number of hydrogen-bond donors (Lipinski definition) is 1. The van der Waals surface area contributed by atoms with Gasteiger partial charge in [0.1, 0.15) is 5.75 Å². The molecule has 1 N–H and O–H groups in total. The first-order valence-corrected chi connectivity index (χ1v) is 6.30. The summed E-state index contributed by atoms with van der Waals surface area (Å²) in [4.78, 5) is 13.7. The predicted octanol–water partition coefficient (Wildman–Crippen LogP) is 4.50. The normalized spacial score (nSPS) is 11.0. The molecule has 21 heavy (non-hydrogen) atoms. The first kappa shape index (κ1) is 15.2. The van der Waals surface area contributed by atoms with E-state index in [9.17, 15) is 19.6 Å². The molecule has 0 aliphatic rings. The van der Waals surface area contributed by atoms with Crippen molar-refractivity contribution in [3.05, 3.63) is 61.9 Å². The van der Waals surface area contributed by atoms with Crippen molar-refractivity contribution >= 4 is 40.8 Å². The van der Waals surface area contributed by atoms with Crippen molar-refractivity contribution in [1.82, 2.24) is 0 Å². The van der Waals surface area contributed by atoms with Gasteiger partial charge in [-0.1, -0.05) is 23.2 Å². The second-order valence-corrected chi connectivity index (χ2v) is 4.82. The highest BCUT2D eigenvalue weighted by Gasteiger charge is 2.14. The Kier molecular flexibility index (Phi) is 4.40. The van der Waals surface area contributed by atoms with Crippen molar-refractivity contribution in [2.24, 2.45) is 4.99 Å². The highest BCUT2D eigenvalue weighted by molar-refractivity contribution is 6.36. The number of phenolic OH excluding ortho intramolecular Hbond substituents is 1. The summed E-state index contributed by atoms with van der Waals surface area (Å²) in [6, 6.07) is 5.97. The monoisotopic (exact) mass is 328 g/mol. The Morgan fingerprint density at radius 1 is 1.29 bits per heavy atom. The van der Waals surface area contributed by atoms with Crippen LogP contribution in [0.2, 0.25) is 10.0 Å². The zero-order valence-corrected chi connectivity index (χ0v) is 11.8. The first-order chi connectivity index (χ1) is 9.88. The maximum Gasteiger partial charge on any atom is 0.306 e. The zero-order valence-electron chi connectivity index (χ0n) is 10.3. The molecule has 8 heteroatoms. The van der Waals surface area contributed by atoms with Crippen LogP contribution in [0, 0.1) is 15.9 Å². The third-order valence-electron chi connectivity index (χ3n) is 2.54. The van der Waals surface area contributed by atoms with Crippen LogP contribution in [0.4, 0.5) is 15.8 Å². The summed E-state index contributed by atoms with van der Waals surface area (Å²) in [5.74, 6) is -1.17. The minimum Gasteiger partial charge on any atom is -0.506 e. The zero-order chi connectivity index (χ0) is 15.6. The lowest BCUT2D eigenvalue weighted by Crippen LogP contribution is -1.91. The van der Waals surface area contributed by atoms with E-state index in [0.717, 1.165) is 12.1 Å². The summed E-state index contributed by atoms with van der Waals surface area (Å²) in [5.41, 5.74) is -0.295. The minimum absolute atomic E-state index is 0.0500. The number of nitrogens with zero attached hydrogens (tertiary/aromatic N) is 2. The molecule has 0 spiro atoms. The van der Waals surface area contributed by atoms with E-state index in [1.165, 1.54) is 24.4 Å². The second-order valence-electron chi connectivity index (χ2n) is 3.98. The first-order valence-electron chi connectivity index (χ1n) is 5.54. The van der Waals surface area contributed by atoms with Gasteiger partial charge < -0.3 is 5.11 Å². The topological polar surface area (TPSA) is 75.7 Å². The molecule has 0 saturated heterocycles. The van der Waals surface area contributed by atoms with E-state index < -0.39 is 16.4 Å². The Labute approximate surface area is 128 Å². The van der Waals surface area contributed by atoms with Crippen molar-refractivity contribution in [2.45, 2.75) is 0 Å². The highest BCUT2D eigenvalue weighted by atomic mass is 35.5. The summed E-state index contributed by atoms with van der Waals surface area (Å²) in [6.45, 7) is 0. The van der Waals surface area contributed by atoms with Crippen LogP contribution < -0.4 is 0 Å². The fraction of sp³-hybridized carbons (Fsp3) is 0. The summed E-state index contributed by atoms with van der Waals surface area (Å²) in [5, 5.41) is 20.7. The minimum atomic E-state index is -0.951. The van der Waals surface area contributed by atoms with Gasteiger partial charge in [0.15, 0.2) is 0 Å². The van der Waals surface area contributed by atoms with E-state index in [1.807, 2.05) is 0 Å². The second kappa shape index (κ2) is 6.07. The van der Waals surface area contributed by atoms with Gasteiger partial charge in [0.25, 0.3) is 0 Å². The standard InChI is InChI=1S/C13H7Cl2FN2O3/c14-8-3-7(13(19)10(15)4-8)6-17-9-1-2-11(16)12(5-9)18(20)21/h1-6,19H. The van der Waals surface area contributed by atoms with Gasteiger partial charge >= 0.3 is 5.69 Å². The smallest absolute Gasteiger partial charge is 0.306 e. The Morgan fingerprint density at radius 2 is 2.00 bits per heavy atom. The van der Waals surface area contributed by atoms with Crippen LogP contribution >= 0.6 is 23.2 Å². The molecule has 0 aliphatic carbocycles. The van der Waals surface area contributed by atoms with Crippen molar-refractivity contribution < 1.29 is 14.4 Å². The Hall–Kier alpha value is -2.18. The predicted molar refractivity (Wildman–Crippen MR) is 78.4 cm³/mol. The van der Waals surface area contributed by atoms with Crippen LogP contribution in [0.1, 0.15) is 5.56 Å². The summed E-state index contributed by atoms with van der Waals surface area (Å²) in [7, 11) is 0. The lowest BCUT2D eigenvalue weighted by atomic mass is 10.2. The van der Waals surface area contributed by atoms with E-state index in [1.54, 1.807) is 0 Å². The van der Waals surface area contributed by atoms with Crippen LogP contribution in [0.25, 0.3) is 0 Å². The molecule has 0 amide bonds. The van der Waals surface area contributed by atoms with Gasteiger partial charge in [0.2, 0.25) is 5.82 Å². The molecule has 0 fully saturated rings. The maximum absolute atomic E-state index is 13.2. The van der Waals surface area contributed by atoms with Crippen LogP contribution in [0.3, 0.4) is 0 Å². The number of nitro groups is 1. The van der Waals surface area contributed by atoms with Gasteiger partial charge in [-0.25, -0.2) is 0 Å². The van der Waals surface area contributed by atoms with E-state index in [4.69, 9.17) is 23.2 Å². The van der Waals surface area contributed by atoms with Gasteiger partial charge in [-0.3, -0.25) is 15.1 Å². The molecule has 5 nitrogen and oxygen atoms in total. The molecule has 2 aromatic carbocycles. The largest absolute Gasteiger partial charge is 0.506 e. The lowest BCUT2D eigenvalue weighted by molar-refractivity contribution is -0.387. The Bertz CT molecular complexity index is 750. The van der Waals surface area contributed by atoms with Gasteiger partial charge in [0, 0.05) is 22.9 Å². The van der Waals surface area contributed by atoms with Crippen molar-refractivity contribution in [1.29, 1.82) is 0 Å². The van der Waals surface area contributed by atoms with Crippen molar-refractivity contribution in [3.8, 4) is 5.75 Å². The van der Waals surface area contributed by atoms with Gasteiger partial charge in [-0.2, -0.15) is 4.39 Å². The molecule has 108 valence electrons. The van der Waals surface area contributed by atoms with Gasteiger partial charge in [-0.15, -0.1) is 0 Å². The molecular formula is C13H7Cl2FN2O3. The van der Waals surface area contributed by atoms with Crippen LogP contribution in [0.15, 0.2) is 35.3 Å². The number of aliphatic imine (C=N–C) groups is 1. The molecule has 0 saturated carbocycles. The molecule has 2 rings (SSSR count).